The number of nitrogens with two attached hydrogens (primary N) is 1. The summed E-state index contributed by atoms with van der Waals surface area (Å²) in [4.78, 5) is 13.2. The largest absolute Gasteiger partial charge is 0.493 e. The van der Waals surface area contributed by atoms with Crippen LogP contribution in [0.4, 0.5) is 5.69 Å². The third kappa shape index (κ3) is 5.64. The smallest absolute Gasteiger partial charge is 0.200 e. The van der Waals surface area contributed by atoms with Crippen molar-refractivity contribution in [2.75, 3.05) is 25.6 Å². The molecule has 0 aliphatic rings. The average Bonchev–Trinajstić information content (AvgIpc) is 2.68. The molecule has 2 rings (SSSR count). The molecule has 2 N–H and O–H groups in total. The lowest BCUT2D eigenvalue weighted by Gasteiger charge is -2.18. The Balaban J connectivity index is 2.53. The Bertz CT molecular complexity index is 729. The predicted octanol–water partition coefficient (Wildman–Crippen LogP) is 4.87. The van der Waals surface area contributed by atoms with Gasteiger partial charge in [-0.2, -0.15) is 0 Å². The van der Waals surface area contributed by atoms with E-state index in [0.29, 0.717) is 53.9 Å². The highest BCUT2D eigenvalue weighted by molar-refractivity contribution is 6.13. The van der Waals surface area contributed by atoms with E-state index in [-0.39, 0.29) is 5.78 Å². The molecule has 0 radical (unpaired) electrons. The molecule has 0 saturated carbocycles. The number of carbonyl (C=O) groups is 1. The van der Waals surface area contributed by atoms with E-state index < -0.39 is 0 Å². The third-order valence-electron chi connectivity index (χ3n) is 3.81. The standard InChI is InChI=1S/C22H29NO4/c1-4-10-25-18-14-19(26-11-5-2)21(20(15-18)27-12-6-3)22(24)16-8-7-9-17(23)13-16/h7-9,13-15H,4-6,10-12,23H2,1-3H3. The molecular weight excluding hydrogens is 342 g/mol. The summed E-state index contributed by atoms with van der Waals surface area (Å²) in [6.45, 7) is 7.67. The van der Waals surface area contributed by atoms with Gasteiger partial charge in [0.2, 0.25) is 5.78 Å². The van der Waals surface area contributed by atoms with Crippen molar-refractivity contribution in [2.45, 2.75) is 40.0 Å². The van der Waals surface area contributed by atoms with Crippen LogP contribution in [-0.4, -0.2) is 25.6 Å². The van der Waals surface area contributed by atoms with Gasteiger partial charge in [0.25, 0.3) is 0 Å². The first-order chi connectivity index (χ1) is 13.1. The van der Waals surface area contributed by atoms with Gasteiger partial charge in [-0.1, -0.05) is 32.9 Å². The summed E-state index contributed by atoms with van der Waals surface area (Å²) in [5, 5.41) is 0. The van der Waals surface area contributed by atoms with Crippen molar-refractivity contribution in [2.24, 2.45) is 0 Å². The number of benzene rings is 2. The summed E-state index contributed by atoms with van der Waals surface area (Å²) in [6.07, 6.45) is 2.55. The second-order valence-corrected chi connectivity index (χ2v) is 6.29. The molecule has 0 atom stereocenters. The molecule has 0 amide bonds. The number of hydrogen-bond acceptors (Lipinski definition) is 5. The molecule has 146 valence electrons. The zero-order chi connectivity index (χ0) is 19.6. The number of ketones is 1. The molecule has 0 spiro atoms. The third-order valence-corrected chi connectivity index (χ3v) is 3.81. The number of carbonyl (C=O) groups excluding carboxylic acids is 1. The maximum Gasteiger partial charge on any atom is 0.200 e. The predicted molar refractivity (Wildman–Crippen MR) is 108 cm³/mol. The molecule has 0 fully saturated rings. The van der Waals surface area contributed by atoms with Gasteiger partial charge in [0.15, 0.2) is 0 Å². The Morgan fingerprint density at radius 2 is 1.41 bits per heavy atom. The summed E-state index contributed by atoms with van der Waals surface area (Å²) in [7, 11) is 0. The molecule has 2 aromatic rings. The molecule has 0 bridgehead atoms. The molecule has 27 heavy (non-hydrogen) atoms. The topological polar surface area (TPSA) is 70.8 Å². The molecule has 2 aromatic carbocycles. The molecule has 0 aliphatic heterocycles. The normalized spacial score (nSPS) is 10.5. The van der Waals surface area contributed by atoms with Crippen LogP contribution in [0.1, 0.15) is 56.0 Å². The Labute approximate surface area is 161 Å². The first kappa shape index (κ1) is 20.6. The van der Waals surface area contributed by atoms with Crippen LogP contribution in [0.25, 0.3) is 0 Å². The number of hydrogen-bond donors (Lipinski definition) is 1. The van der Waals surface area contributed by atoms with Crippen molar-refractivity contribution in [1.29, 1.82) is 0 Å². The lowest BCUT2D eigenvalue weighted by Crippen LogP contribution is -2.11. The first-order valence-electron chi connectivity index (χ1n) is 9.57. The van der Waals surface area contributed by atoms with Crippen LogP contribution in [0.2, 0.25) is 0 Å². The monoisotopic (exact) mass is 371 g/mol. The quantitative estimate of drug-likeness (QED) is 0.451. The fraction of sp³-hybridized carbons (Fsp3) is 0.409. The molecule has 0 unspecified atom stereocenters. The van der Waals surface area contributed by atoms with E-state index in [1.807, 2.05) is 20.8 Å². The summed E-state index contributed by atoms with van der Waals surface area (Å²) in [6, 6.07) is 10.5. The van der Waals surface area contributed by atoms with E-state index in [9.17, 15) is 4.79 Å². The van der Waals surface area contributed by atoms with E-state index in [0.717, 1.165) is 19.3 Å². The SMILES string of the molecule is CCCOc1cc(OCCC)c(C(=O)c2cccc(N)c2)c(OCCC)c1. The second kappa shape index (κ2) is 10.5. The van der Waals surface area contributed by atoms with Crippen molar-refractivity contribution >= 4 is 11.5 Å². The molecular formula is C22H29NO4. The molecule has 5 heteroatoms. The minimum absolute atomic E-state index is 0.179. The average molecular weight is 371 g/mol. The lowest BCUT2D eigenvalue weighted by atomic mass is 10.0. The Morgan fingerprint density at radius 3 is 1.93 bits per heavy atom. The van der Waals surface area contributed by atoms with Crippen LogP contribution in [-0.2, 0) is 0 Å². The van der Waals surface area contributed by atoms with Crippen molar-refractivity contribution < 1.29 is 19.0 Å². The minimum atomic E-state index is -0.179. The van der Waals surface area contributed by atoms with Crippen LogP contribution in [0.3, 0.4) is 0 Å². The van der Waals surface area contributed by atoms with Crippen molar-refractivity contribution in [3.8, 4) is 17.2 Å². The highest BCUT2D eigenvalue weighted by atomic mass is 16.5. The van der Waals surface area contributed by atoms with Gasteiger partial charge >= 0.3 is 0 Å². The van der Waals surface area contributed by atoms with Crippen LogP contribution in [0.15, 0.2) is 36.4 Å². The Hall–Kier alpha value is -2.69. The number of rotatable bonds is 11. The van der Waals surface area contributed by atoms with Crippen molar-refractivity contribution in [3.63, 3.8) is 0 Å². The fourth-order valence-corrected chi connectivity index (χ4v) is 2.57. The van der Waals surface area contributed by atoms with Gasteiger partial charge in [-0.25, -0.2) is 0 Å². The second-order valence-electron chi connectivity index (χ2n) is 6.29. The zero-order valence-electron chi connectivity index (χ0n) is 16.4. The van der Waals surface area contributed by atoms with Gasteiger partial charge in [0.1, 0.15) is 22.8 Å². The molecule has 0 heterocycles. The van der Waals surface area contributed by atoms with Crippen LogP contribution in [0.5, 0.6) is 17.2 Å². The first-order valence-corrected chi connectivity index (χ1v) is 9.57. The van der Waals surface area contributed by atoms with Gasteiger partial charge in [-0.15, -0.1) is 0 Å². The van der Waals surface area contributed by atoms with E-state index in [1.165, 1.54) is 0 Å². The molecule has 5 nitrogen and oxygen atoms in total. The van der Waals surface area contributed by atoms with Gasteiger partial charge in [0.05, 0.1) is 19.8 Å². The summed E-state index contributed by atoms with van der Waals surface area (Å²) < 4.78 is 17.5. The minimum Gasteiger partial charge on any atom is -0.493 e. The van der Waals surface area contributed by atoms with E-state index in [1.54, 1.807) is 36.4 Å². The van der Waals surface area contributed by atoms with Crippen LogP contribution >= 0.6 is 0 Å². The van der Waals surface area contributed by atoms with Crippen molar-refractivity contribution in [3.05, 3.63) is 47.5 Å². The Kier molecular flexibility index (Phi) is 7.99. The highest BCUT2D eigenvalue weighted by Crippen LogP contribution is 2.36. The fourth-order valence-electron chi connectivity index (χ4n) is 2.57. The molecule has 0 aliphatic carbocycles. The zero-order valence-corrected chi connectivity index (χ0v) is 16.4. The number of ether oxygens (including phenoxy) is 3. The van der Waals surface area contributed by atoms with Gasteiger partial charge in [-0.3, -0.25) is 4.79 Å². The van der Waals surface area contributed by atoms with Gasteiger partial charge in [-0.05, 0) is 31.4 Å². The highest BCUT2D eigenvalue weighted by Gasteiger charge is 2.23. The Morgan fingerprint density at radius 1 is 0.852 bits per heavy atom. The van der Waals surface area contributed by atoms with Crippen LogP contribution in [0, 0.1) is 0 Å². The van der Waals surface area contributed by atoms with E-state index in [4.69, 9.17) is 19.9 Å². The maximum absolute atomic E-state index is 13.2. The maximum atomic E-state index is 13.2. The van der Waals surface area contributed by atoms with Gasteiger partial charge in [0, 0.05) is 23.4 Å². The lowest BCUT2D eigenvalue weighted by molar-refractivity contribution is 0.103. The van der Waals surface area contributed by atoms with Gasteiger partial charge < -0.3 is 19.9 Å². The van der Waals surface area contributed by atoms with Crippen LogP contribution < -0.4 is 19.9 Å². The molecule has 0 saturated heterocycles. The summed E-state index contributed by atoms with van der Waals surface area (Å²) in [5.74, 6) is 1.41. The van der Waals surface area contributed by atoms with Crippen molar-refractivity contribution in [1.82, 2.24) is 0 Å². The summed E-state index contributed by atoms with van der Waals surface area (Å²) >= 11 is 0. The summed E-state index contributed by atoms with van der Waals surface area (Å²) in [5.41, 5.74) is 7.30. The number of nitrogen functional groups attached to an aromatic ring is 1. The van der Waals surface area contributed by atoms with E-state index >= 15 is 0 Å². The van der Waals surface area contributed by atoms with E-state index in [2.05, 4.69) is 0 Å². The number of anilines is 1. The molecule has 0 aromatic heterocycles.